The Morgan fingerprint density at radius 1 is 0.839 bits per heavy atom. The van der Waals surface area contributed by atoms with Gasteiger partial charge in [0.05, 0.1) is 11.3 Å². The second-order valence-electron chi connectivity index (χ2n) is 6.88. The number of aryl methyl sites for hydroxylation is 1. The Hall–Kier alpha value is -3.58. The van der Waals surface area contributed by atoms with E-state index in [9.17, 15) is 14.4 Å². The molecule has 6 nitrogen and oxygen atoms in total. The Labute approximate surface area is 184 Å². The zero-order chi connectivity index (χ0) is 22.2. The molecule has 0 saturated carbocycles. The Kier molecular flexibility index (Phi) is 7.45. The number of benzene rings is 3. The summed E-state index contributed by atoms with van der Waals surface area (Å²) in [5, 5.41) is 14.5. The average Bonchev–Trinajstić information content (AvgIpc) is 2.75. The van der Waals surface area contributed by atoms with Gasteiger partial charge < -0.3 is 15.7 Å². The van der Waals surface area contributed by atoms with E-state index in [1.807, 2.05) is 25.1 Å². The lowest BCUT2D eigenvalue weighted by molar-refractivity contribution is -0.113. The van der Waals surface area contributed by atoms with Crippen molar-refractivity contribution in [1.82, 2.24) is 0 Å². The number of carbonyl (C=O) groups excluding carboxylic acids is 2. The Morgan fingerprint density at radius 2 is 1.58 bits per heavy atom. The molecule has 0 unspecified atom stereocenters. The molecule has 31 heavy (non-hydrogen) atoms. The van der Waals surface area contributed by atoms with Crippen molar-refractivity contribution < 1.29 is 19.5 Å². The number of amides is 2. The summed E-state index contributed by atoms with van der Waals surface area (Å²) in [4.78, 5) is 35.7. The molecular weight excluding hydrogens is 412 g/mol. The summed E-state index contributed by atoms with van der Waals surface area (Å²) in [5.74, 6) is -0.462. The number of hydrogen-bond donors (Lipinski definition) is 3. The lowest BCUT2D eigenvalue weighted by Crippen LogP contribution is -2.16. The fourth-order valence-corrected chi connectivity index (χ4v) is 3.76. The van der Waals surface area contributed by atoms with Crippen LogP contribution in [0, 0.1) is 6.92 Å². The van der Waals surface area contributed by atoms with Gasteiger partial charge in [-0.1, -0.05) is 30.3 Å². The smallest absolute Gasteiger partial charge is 0.335 e. The molecule has 0 aliphatic heterocycles. The molecule has 158 valence electrons. The van der Waals surface area contributed by atoms with Crippen molar-refractivity contribution in [3.05, 3.63) is 95.1 Å². The van der Waals surface area contributed by atoms with Crippen molar-refractivity contribution >= 4 is 40.9 Å². The normalized spacial score (nSPS) is 10.4. The molecule has 0 bridgehead atoms. The summed E-state index contributed by atoms with van der Waals surface area (Å²) >= 11 is 1.53. The summed E-state index contributed by atoms with van der Waals surface area (Å²) in [5.41, 5.74) is 3.95. The largest absolute Gasteiger partial charge is 0.478 e. The molecule has 0 aromatic heterocycles. The van der Waals surface area contributed by atoms with Gasteiger partial charge in [-0.05, 0) is 60.5 Å². The first-order valence-electron chi connectivity index (χ1n) is 9.59. The molecule has 0 fully saturated rings. The van der Waals surface area contributed by atoms with Crippen LogP contribution < -0.4 is 10.6 Å². The number of thioether (sulfide) groups is 1. The maximum Gasteiger partial charge on any atom is 0.335 e. The molecule has 3 aromatic carbocycles. The van der Waals surface area contributed by atoms with Crippen LogP contribution in [0.4, 0.5) is 11.4 Å². The molecule has 0 radical (unpaired) electrons. The van der Waals surface area contributed by atoms with E-state index < -0.39 is 5.97 Å². The minimum absolute atomic E-state index is 0.139. The first-order chi connectivity index (χ1) is 14.9. The minimum Gasteiger partial charge on any atom is -0.478 e. The highest BCUT2D eigenvalue weighted by Gasteiger charge is 2.10. The monoisotopic (exact) mass is 434 g/mol. The van der Waals surface area contributed by atoms with Crippen LogP contribution in [0.15, 0.2) is 72.8 Å². The predicted molar refractivity (Wildman–Crippen MR) is 124 cm³/mol. The number of rotatable bonds is 8. The number of carbonyl (C=O) groups is 3. The van der Waals surface area contributed by atoms with Gasteiger partial charge in [0.25, 0.3) is 5.91 Å². The third-order valence-electron chi connectivity index (χ3n) is 4.55. The number of anilines is 2. The van der Waals surface area contributed by atoms with Crippen LogP contribution in [0.2, 0.25) is 0 Å². The standard InChI is InChI=1S/C24H22N2O4S/c1-16-5-2-3-6-19(16)14-31-15-22(27)25-21-8-4-7-18(13-21)23(28)26-20-11-9-17(10-12-20)24(29)30/h2-13H,14-15H2,1H3,(H,25,27)(H,26,28)(H,29,30). The second-order valence-corrected chi connectivity index (χ2v) is 7.87. The zero-order valence-electron chi connectivity index (χ0n) is 16.9. The first-order valence-corrected chi connectivity index (χ1v) is 10.7. The number of aromatic carboxylic acids is 1. The Bertz CT molecular complexity index is 1100. The van der Waals surface area contributed by atoms with Gasteiger partial charge in [0, 0.05) is 22.7 Å². The molecule has 7 heteroatoms. The molecule has 3 rings (SSSR count). The fraction of sp³-hybridized carbons (Fsp3) is 0.125. The quantitative estimate of drug-likeness (QED) is 0.473. The third-order valence-corrected chi connectivity index (χ3v) is 5.53. The van der Waals surface area contributed by atoms with Gasteiger partial charge in [-0.2, -0.15) is 0 Å². The summed E-state index contributed by atoms with van der Waals surface area (Å²) in [6, 6.07) is 20.6. The van der Waals surface area contributed by atoms with Gasteiger partial charge in [-0.3, -0.25) is 9.59 Å². The summed E-state index contributed by atoms with van der Waals surface area (Å²) < 4.78 is 0. The molecule has 3 N–H and O–H groups in total. The lowest BCUT2D eigenvalue weighted by atomic mass is 10.1. The Morgan fingerprint density at radius 3 is 2.29 bits per heavy atom. The Balaban J connectivity index is 1.54. The number of nitrogens with one attached hydrogen (secondary N) is 2. The van der Waals surface area contributed by atoms with E-state index in [1.165, 1.54) is 47.2 Å². The molecular formula is C24H22N2O4S. The predicted octanol–water partition coefficient (Wildman–Crippen LogP) is 4.82. The number of carboxylic acids is 1. The third kappa shape index (κ3) is 6.45. The van der Waals surface area contributed by atoms with E-state index in [2.05, 4.69) is 16.7 Å². The van der Waals surface area contributed by atoms with E-state index in [4.69, 9.17) is 5.11 Å². The molecule has 3 aromatic rings. The van der Waals surface area contributed by atoms with Gasteiger partial charge >= 0.3 is 5.97 Å². The van der Waals surface area contributed by atoms with E-state index in [-0.39, 0.29) is 17.4 Å². The van der Waals surface area contributed by atoms with Crippen LogP contribution in [-0.2, 0) is 10.5 Å². The minimum atomic E-state index is -1.03. The number of carboxylic acid groups (broad SMARTS) is 1. The highest BCUT2D eigenvalue weighted by Crippen LogP contribution is 2.18. The average molecular weight is 435 g/mol. The van der Waals surface area contributed by atoms with Crippen molar-refractivity contribution in [2.24, 2.45) is 0 Å². The molecule has 0 heterocycles. The van der Waals surface area contributed by atoms with E-state index in [0.29, 0.717) is 22.7 Å². The summed E-state index contributed by atoms with van der Waals surface area (Å²) in [6.07, 6.45) is 0. The molecule has 0 aliphatic carbocycles. The lowest BCUT2D eigenvalue weighted by Gasteiger charge is -2.09. The van der Waals surface area contributed by atoms with Gasteiger partial charge in [-0.15, -0.1) is 11.8 Å². The molecule has 0 atom stereocenters. The second kappa shape index (κ2) is 10.4. The van der Waals surface area contributed by atoms with Crippen molar-refractivity contribution in [2.75, 3.05) is 16.4 Å². The fourth-order valence-electron chi connectivity index (χ4n) is 2.86. The van der Waals surface area contributed by atoms with Crippen molar-refractivity contribution in [2.45, 2.75) is 12.7 Å². The first kappa shape index (κ1) is 22.1. The van der Waals surface area contributed by atoms with Crippen LogP contribution in [-0.4, -0.2) is 28.6 Å². The van der Waals surface area contributed by atoms with E-state index >= 15 is 0 Å². The highest BCUT2D eigenvalue weighted by molar-refractivity contribution is 7.99. The van der Waals surface area contributed by atoms with Gasteiger partial charge in [0.2, 0.25) is 5.91 Å². The highest BCUT2D eigenvalue weighted by atomic mass is 32.2. The van der Waals surface area contributed by atoms with Gasteiger partial charge in [0.1, 0.15) is 0 Å². The maximum atomic E-state index is 12.5. The molecule has 0 spiro atoms. The van der Waals surface area contributed by atoms with E-state index in [0.717, 1.165) is 5.75 Å². The summed E-state index contributed by atoms with van der Waals surface area (Å²) in [7, 11) is 0. The molecule has 0 saturated heterocycles. The van der Waals surface area contributed by atoms with Crippen LogP contribution >= 0.6 is 11.8 Å². The van der Waals surface area contributed by atoms with Crippen molar-refractivity contribution in [1.29, 1.82) is 0 Å². The van der Waals surface area contributed by atoms with Crippen LogP contribution in [0.1, 0.15) is 31.8 Å². The summed E-state index contributed by atoms with van der Waals surface area (Å²) in [6.45, 7) is 2.05. The maximum absolute atomic E-state index is 12.5. The van der Waals surface area contributed by atoms with Crippen molar-refractivity contribution in [3.8, 4) is 0 Å². The topological polar surface area (TPSA) is 95.5 Å². The van der Waals surface area contributed by atoms with E-state index in [1.54, 1.807) is 24.3 Å². The van der Waals surface area contributed by atoms with Gasteiger partial charge in [0.15, 0.2) is 0 Å². The van der Waals surface area contributed by atoms with Crippen LogP contribution in [0.25, 0.3) is 0 Å². The van der Waals surface area contributed by atoms with Crippen LogP contribution in [0.3, 0.4) is 0 Å². The molecule has 0 aliphatic rings. The SMILES string of the molecule is Cc1ccccc1CSCC(=O)Nc1cccc(C(=O)Nc2ccc(C(=O)O)cc2)c1. The molecule has 2 amide bonds. The van der Waals surface area contributed by atoms with Crippen molar-refractivity contribution in [3.63, 3.8) is 0 Å². The number of hydrogen-bond acceptors (Lipinski definition) is 4. The van der Waals surface area contributed by atoms with Crippen LogP contribution in [0.5, 0.6) is 0 Å². The zero-order valence-corrected chi connectivity index (χ0v) is 17.7. The van der Waals surface area contributed by atoms with Gasteiger partial charge in [-0.25, -0.2) is 4.79 Å².